The summed E-state index contributed by atoms with van der Waals surface area (Å²) in [7, 11) is -1.98. The van der Waals surface area contributed by atoms with Crippen molar-refractivity contribution in [1.82, 2.24) is 0 Å². The van der Waals surface area contributed by atoms with Crippen LogP contribution in [0.3, 0.4) is 0 Å². The van der Waals surface area contributed by atoms with Crippen molar-refractivity contribution in [2.24, 2.45) is 11.8 Å². The highest BCUT2D eigenvalue weighted by molar-refractivity contribution is 7.86. The van der Waals surface area contributed by atoms with Crippen LogP contribution in [-0.4, -0.2) is 27.7 Å². The Bertz CT molecular complexity index is 578. The van der Waals surface area contributed by atoms with Crippen molar-refractivity contribution in [3.63, 3.8) is 0 Å². The zero-order valence-corrected chi connectivity index (χ0v) is 12.6. The smallest absolute Gasteiger partial charge is 0.297 e. The molecule has 0 saturated heterocycles. The fourth-order valence-corrected chi connectivity index (χ4v) is 4.66. The maximum atomic E-state index is 12.3. The summed E-state index contributed by atoms with van der Waals surface area (Å²) in [5.41, 5.74) is 1.03. The predicted molar refractivity (Wildman–Crippen MR) is 74.9 cm³/mol. The third-order valence-corrected chi connectivity index (χ3v) is 5.90. The third-order valence-electron chi connectivity index (χ3n) is 4.55. The zero-order chi connectivity index (χ0) is 14.3. The summed E-state index contributed by atoms with van der Waals surface area (Å²) < 4.78 is 35.5. The van der Waals surface area contributed by atoms with Gasteiger partial charge in [0.15, 0.2) is 0 Å². The summed E-state index contributed by atoms with van der Waals surface area (Å²) in [6, 6.07) is 6.78. The van der Waals surface area contributed by atoms with E-state index in [-0.39, 0.29) is 23.0 Å². The van der Waals surface area contributed by atoms with Crippen LogP contribution in [0, 0.1) is 18.8 Å². The Morgan fingerprint density at radius 3 is 2.30 bits per heavy atom. The third kappa shape index (κ3) is 2.50. The molecule has 0 aromatic heterocycles. The van der Waals surface area contributed by atoms with E-state index >= 15 is 0 Å². The van der Waals surface area contributed by atoms with Gasteiger partial charge in [0.1, 0.15) is 0 Å². The average Bonchev–Trinajstić information content (AvgIpc) is 2.97. The van der Waals surface area contributed by atoms with Gasteiger partial charge in [0.2, 0.25) is 0 Å². The Kier molecular flexibility index (Phi) is 3.60. The molecular weight excluding hydrogens is 276 g/mol. The molecule has 5 heteroatoms. The maximum absolute atomic E-state index is 12.3. The molecular formula is C15H20O4S. The van der Waals surface area contributed by atoms with Crippen LogP contribution in [0.25, 0.3) is 0 Å². The minimum atomic E-state index is -3.67. The normalized spacial score (nSPS) is 32.7. The van der Waals surface area contributed by atoms with Crippen LogP contribution >= 0.6 is 0 Å². The van der Waals surface area contributed by atoms with Gasteiger partial charge in [-0.25, -0.2) is 0 Å². The first-order chi connectivity index (χ1) is 9.49. The van der Waals surface area contributed by atoms with Crippen LogP contribution in [0.2, 0.25) is 0 Å². The van der Waals surface area contributed by atoms with E-state index in [4.69, 9.17) is 8.92 Å². The Morgan fingerprint density at radius 2 is 1.70 bits per heavy atom. The van der Waals surface area contributed by atoms with Gasteiger partial charge in [-0.1, -0.05) is 17.7 Å². The average molecular weight is 296 g/mol. The molecule has 0 amide bonds. The minimum Gasteiger partial charge on any atom is -0.381 e. The van der Waals surface area contributed by atoms with Crippen LogP contribution < -0.4 is 0 Å². The molecule has 2 fully saturated rings. The van der Waals surface area contributed by atoms with Gasteiger partial charge in [0.25, 0.3) is 10.1 Å². The lowest BCUT2D eigenvalue weighted by atomic mass is 9.95. The summed E-state index contributed by atoms with van der Waals surface area (Å²) in [5, 5.41) is 0. The second-order valence-electron chi connectivity index (χ2n) is 5.91. The summed E-state index contributed by atoms with van der Waals surface area (Å²) >= 11 is 0. The van der Waals surface area contributed by atoms with Gasteiger partial charge in [-0.3, -0.25) is 4.18 Å². The van der Waals surface area contributed by atoms with Gasteiger partial charge in [-0.05, 0) is 44.2 Å². The van der Waals surface area contributed by atoms with Crippen LogP contribution in [0.15, 0.2) is 29.2 Å². The summed E-state index contributed by atoms with van der Waals surface area (Å²) in [6.45, 7) is 1.93. The number of rotatable bonds is 4. The Balaban J connectivity index is 1.76. The number of methoxy groups -OCH3 is 1. The second kappa shape index (κ2) is 5.13. The van der Waals surface area contributed by atoms with Gasteiger partial charge in [0, 0.05) is 13.0 Å². The van der Waals surface area contributed by atoms with Gasteiger partial charge >= 0.3 is 0 Å². The van der Waals surface area contributed by atoms with E-state index in [0.717, 1.165) is 24.8 Å². The lowest BCUT2D eigenvalue weighted by Crippen LogP contribution is -2.33. The Morgan fingerprint density at radius 1 is 1.05 bits per heavy atom. The summed E-state index contributed by atoms with van der Waals surface area (Å²) in [4.78, 5) is 0.236. The van der Waals surface area contributed by atoms with Gasteiger partial charge in [-0.15, -0.1) is 0 Å². The van der Waals surface area contributed by atoms with E-state index < -0.39 is 10.1 Å². The molecule has 20 heavy (non-hydrogen) atoms. The monoisotopic (exact) mass is 296 g/mol. The molecule has 2 saturated carbocycles. The molecule has 4 atom stereocenters. The molecule has 2 aliphatic carbocycles. The molecule has 0 radical (unpaired) electrons. The molecule has 1 aromatic carbocycles. The quantitative estimate of drug-likeness (QED) is 0.801. The van der Waals surface area contributed by atoms with E-state index in [1.807, 2.05) is 6.92 Å². The van der Waals surface area contributed by atoms with Crippen molar-refractivity contribution in [3.8, 4) is 0 Å². The van der Waals surface area contributed by atoms with E-state index in [2.05, 4.69) is 0 Å². The fourth-order valence-electron chi connectivity index (χ4n) is 3.53. The lowest BCUT2D eigenvalue weighted by Gasteiger charge is -2.27. The molecule has 0 unspecified atom stereocenters. The Labute approximate surface area is 120 Å². The molecule has 4 nitrogen and oxygen atoms in total. The van der Waals surface area contributed by atoms with Crippen LogP contribution in [0.1, 0.15) is 24.8 Å². The van der Waals surface area contributed by atoms with Crippen molar-refractivity contribution in [2.75, 3.05) is 7.11 Å². The van der Waals surface area contributed by atoms with Crippen molar-refractivity contribution in [1.29, 1.82) is 0 Å². The number of ether oxygens (including phenoxy) is 1. The fraction of sp³-hybridized carbons (Fsp3) is 0.600. The molecule has 0 spiro atoms. The van der Waals surface area contributed by atoms with Crippen molar-refractivity contribution in [2.45, 2.75) is 43.3 Å². The minimum absolute atomic E-state index is 0.145. The van der Waals surface area contributed by atoms with E-state index in [9.17, 15) is 8.42 Å². The van der Waals surface area contributed by atoms with Crippen LogP contribution in [-0.2, 0) is 19.0 Å². The first-order valence-corrected chi connectivity index (χ1v) is 8.43. The molecule has 0 N–H and O–H groups in total. The molecule has 110 valence electrons. The predicted octanol–water partition coefficient (Wildman–Crippen LogP) is 2.51. The van der Waals surface area contributed by atoms with Crippen molar-refractivity contribution >= 4 is 10.1 Å². The first kappa shape index (κ1) is 14.0. The van der Waals surface area contributed by atoms with Gasteiger partial charge < -0.3 is 4.74 Å². The maximum Gasteiger partial charge on any atom is 0.297 e. The second-order valence-corrected chi connectivity index (χ2v) is 7.49. The first-order valence-electron chi connectivity index (χ1n) is 7.02. The summed E-state index contributed by atoms with van der Waals surface area (Å²) in [5.74, 6) is 0.758. The molecule has 0 heterocycles. The molecule has 2 aliphatic rings. The van der Waals surface area contributed by atoms with Crippen LogP contribution in [0.4, 0.5) is 0 Å². The van der Waals surface area contributed by atoms with Gasteiger partial charge in [-0.2, -0.15) is 8.42 Å². The number of fused-ring (bicyclic) bond motifs is 2. The highest BCUT2D eigenvalue weighted by atomic mass is 32.2. The largest absolute Gasteiger partial charge is 0.381 e. The van der Waals surface area contributed by atoms with Gasteiger partial charge in [0.05, 0.1) is 17.1 Å². The van der Waals surface area contributed by atoms with Crippen molar-refractivity contribution in [3.05, 3.63) is 29.8 Å². The number of benzene rings is 1. The number of hydrogen-bond donors (Lipinski definition) is 0. The highest BCUT2D eigenvalue weighted by Crippen LogP contribution is 2.48. The molecule has 1 aromatic rings. The lowest BCUT2D eigenvalue weighted by molar-refractivity contribution is 0.00513. The number of hydrogen-bond acceptors (Lipinski definition) is 4. The van der Waals surface area contributed by atoms with E-state index in [1.165, 1.54) is 0 Å². The van der Waals surface area contributed by atoms with E-state index in [0.29, 0.717) is 5.92 Å². The summed E-state index contributed by atoms with van der Waals surface area (Å²) in [6.07, 6.45) is 2.80. The number of aryl methyl sites for hydroxylation is 1. The standard InChI is InChI=1S/C15H20O4S/c1-10-3-5-12(6-4-10)20(16,17)19-15-9-11-7-13(15)14(8-11)18-2/h3-6,11,13-15H,7-9H2,1-2H3/t11-,13-,14+,15+/m0/s1. The topological polar surface area (TPSA) is 52.6 Å². The molecule has 2 bridgehead atoms. The van der Waals surface area contributed by atoms with E-state index in [1.54, 1.807) is 31.4 Å². The SMILES string of the molecule is CO[C@@H]1C[C@@H]2C[C@@H]1[C@H](OS(=O)(=O)c1ccc(C)cc1)C2. The molecule has 3 rings (SSSR count). The Hall–Kier alpha value is -0.910. The van der Waals surface area contributed by atoms with Crippen molar-refractivity contribution < 1.29 is 17.3 Å². The van der Waals surface area contributed by atoms with Crippen LogP contribution in [0.5, 0.6) is 0 Å². The molecule has 0 aliphatic heterocycles. The highest BCUT2D eigenvalue weighted by Gasteiger charge is 2.48. The zero-order valence-electron chi connectivity index (χ0n) is 11.8.